The van der Waals surface area contributed by atoms with Gasteiger partial charge in [-0.3, -0.25) is 14.4 Å². The highest BCUT2D eigenvalue weighted by Crippen LogP contribution is 2.39. The Hall–Kier alpha value is -3.01. The number of morpholine rings is 1. The van der Waals surface area contributed by atoms with Crippen molar-refractivity contribution in [3.8, 4) is 0 Å². The van der Waals surface area contributed by atoms with Gasteiger partial charge in [0.1, 0.15) is 11.6 Å². The molecule has 2 aliphatic heterocycles. The second-order valence-electron chi connectivity index (χ2n) is 10.3. The highest BCUT2D eigenvalue weighted by Gasteiger charge is 2.42. The fraction of sp³-hybridized carbons (Fsp3) is 0.640. The number of aromatic nitrogens is 3. The second-order valence-corrected chi connectivity index (χ2v) is 10.3. The average Bonchev–Trinajstić information content (AvgIpc) is 3.84. The number of fused-ring (bicyclic) bond motifs is 1. The summed E-state index contributed by atoms with van der Waals surface area (Å²) in [6.45, 7) is 3.39. The lowest BCUT2D eigenvalue weighted by molar-refractivity contribution is -0.144. The molecule has 0 bridgehead atoms. The molecule has 4 fully saturated rings. The number of likely N-dealkylation sites (tertiary alicyclic amines) is 1. The van der Waals surface area contributed by atoms with E-state index in [1.807, 2.05) is 4.90 Å². The Balaban J connectivity index is 1.15. The molecule has 2 atom stereocenters. The number of piperidine rings is 1. The van der Waals surface area contributed by atoms with Crippen LogP contribution in [0.5, 0.6) is 0 Å². The number of nitrogens with zero attached hydrogens (tertiary/aromatic N) is 4. The van der Waals surface area contributed by atoms with Gasteiger partial charge in [0.05, 0.1) is 36.6 Å². The van der Waals surface area contributed by atoms with Crippen LogP contribution in [-0.4, -0.2) is 87.9 Å². The first kappa shape index (κ1) is 22.5. The number of aromatic amines is 1. The second kappa shape index (κ2) is 9.22. The molecule has 0 radical (unpaired) electrons. The van der Waals surface area contributed by atoms with Gasteiger partial charge in [-0.2, -0.15) is 0 Å². The molecule has 2 aliphatic carbocycles. The summed E-state index contributed by atoms with van der Waals surface area (Å²) in [5.41, 5.74) is 2.48. The number of carbonyl (C=O) groups excluding carboxylic acids is 3. The first-order valence-corrected chi connectivity index (χ1v) is 12.9. The van der Waals surface area contributed by atoms with Crippen LogP contribution in [0.15, 0.2) is 12.4 Å². The lowest BCUT2D eigenvalue weighted by Gasteiger charge is -2.37. The lowest BCUT2D eigenvalue weighted by Crippen LogP contribution is -2.54. The molecule has 10 nitrogen and oxygen atoms in total. The molecule has 186 valence electrons. The summed E-state index contributed by atoms with van der Waals surface area (Å²) in [7, 11) is 0. The molecule has 2 saturated heterocycles. The summed E-state index contributed by atoms with van der Waals surface area (Å²) in [4.78, 5) is 55.7. The normalized spacial score (nSPS) is 23.8. The first-order valence-electron chi connectivity index (χ1n) is 12.9. The van der Waals surface area contributed by atoms with Crippen molar-refractivity contribution in [1.29, 1.82) is 0 Å². The number of rotatable bonds is 6. The van der Waals surface area contributed by atoms with Gasteiger partial charge in [0.25, 0.3) is 5.91 Å². The van der Waals surface area contributed by atoms with Gasteiger partial charge in [0, 0.05) is 38.3 Å². The maximum Gasteiger partial charge on any atom is 0.255 e. The Morgan fingerprint density at radius 2 is 1.86 bits per heavy atom. The van der Waals surface area contributed by atoms with E-state index in [-0.39, 0.29) is 29.6 Å². The lowest BCUT2D eigenvalue weighted by atomic mass is 9.95. The van der Waals surface area contributed by atoms with Crippen LogP contribution in [0, 0.1) is 11.8 Å². The van der Waals surface area contributed by atoms with Crippen molar-refractivity contribution in [3.63, 3.8) is 0 Å². The molecular weight excluding hydrogens is 448 g/mol. The maximum absolute atomic E-state index is 13.6. The third kappa shape index (κ3) is 4.63. The van der Waals surface area contributed by atoms with Gasteiger partial charge in [0.15, 0.2) is 5.65 Å². The van der Waals surface area contributed by atoms with Crippen LogP contribution in [-0.2, 0) is 14.3 Å². The van der Waals surface area contributed by atoms with Crippen LogP contribution in [0.25, 0.3) is 11.2 Å². The van der Waals surface area contributed by atoms with Crippen LogP contribution >= 0.6 is 0 Å². The molecule has 3 amide bonds. The number of hydrogen-bond donors (Lipinski definition) is 2. The number of ether oxygens (including phenoxy) is 1. The predicted octanol–water partition coefficient (Wildman–Crippen LogP) is 1.44. The summed E-state index contributed by atoms with van der Waals surface area (Å²) in [6.07, 6.45) is 9.03. The van der Waals surface area contributed by atoms with Gasteiger partial charge in [-0.05, 0) is 44.4 Å². The summed E-state index contributed by atoms with van der Waals surface area (Å²) in [5.74, 6) is 0.116. The zero-order valence-electron chi connectivity index (χ0n) is 19.9. The minimum Gasteiger partial charge on any atom is -0.378 e. The highest BCUT2D eigenvalue weighted by atomic mass is 16.5. The van der Waals surface area contributed by atoms with E-state index in [4.69, 9.17) is 9.72 Å². The number of amides is 3. The smallest absolute Gasteiger partial charge is 0.255 e. The van der Waals surface area contributed by atoms with Gasteiger partial charge in [-0.15, -0.1) is 0 Å². The Bertz CT molecular complexity index is 1130. The number of H-pyrrole nitrogens is 1. The van der Waals surface area contributed by atoms with Crippen molar-refractivity contribution in [1.82, 2.24) is 30.1 Å². The van der Waals surface area contributed by atoms with Crippen molar-refractivity contribution in [2.24, 2.45) is 11.8 Å². The molecule has 4 aliphatic rings. The number of carbonyl (C=O) groups is 3. The van der Waals surface area contributed by atoms with Crippen molar-refractivity contribution in [2.75, 3.05) is 39.4 Å². The summed E-state index contributed by atoms with van der Waals surface area (Å²) < 4.78 is 5.37. The van der Waals surface area contributed by atoms with E-state index >= 15 is 0 Å². The fourth-order valence-corrected chi connectivity index (χ4v) is 5.30. The Labute approximate surface area is 203 Å². The highest BCUT2D eigenvalue weighted by molar-refractivity contribution is 6.06. The summed E-state index contributed by atoms with van der Waals surface area (Å²) in [5, 5.41) is 3.01. The standard InChI is InChI=1S/C25H32N6O4/c32-23(18-12-26-22-21(18)28-19(13-27-22)15-3-4-15)29-20(16-5-6-16)25(34)31-7-1-2-17(14-31)24(33)30-8-10-35-11-9-30/h12-13,15-17,20H,1-11,14H2,(H,26,27)(H,29,32)/t17-,20?/m0/s1. The van der Waals surface area contributed by atoms with E-state index in [2.05, 4.69) is 15.3 Å². The largest absolute Gasteiger partial charge is 0.378 e. The maximum atomic E-state index is 13.6. The monoisotopic (exact) mass is 480 g/mol. The van der Waals surface area contributed by atoms with E-state index in [0.29, 0.717) is 62.0 Å². The van der Waals surface area contributed by atoms with Gasteiger partial charge in [-0.25, -0.2) is 9.97 Å². The predicted molar refractivity (Wildman–Crippen MR) is 127 cm³/mol. The molecule has 0 spiro atoms. The molecule has 2 saturated carbocycles. The minimum absolute atomic E-state index is 0.0788. The van der Waals surface area contributed by atoms with Gasteiger partial charge in [-0.1, -0.05) is 0 Å². The SMILES string of the molecule is O=C(NC(C(=O)N1CCC[C@H](C(=O)N2CCOCC2)C1)C1CC1)c1c[nH]c2ncc(C3CC3)nc12. The Kier molecular flexibility index (Phi) is 5.91. The molecule has 35 heavy (non-hydrogen) atoms. The van der Waals surface area contributed by atoms with Crippen LogP contribution in [0.2, 0.25) is 0 Å². The molecule has 6 rings (SSSR count). The quantitative estimate of drug-likeness (QED) is 0.646. The van der Waals surface area contributed by atoms with Gasteiger partial charge >= 0.3 is 0 Å². The minimum atomic E-state index is -0.579. The molecule has 2 aromatic heterocycles. The van der Waals surface area contributed by atoms with Crippen molar-refractivity contribution in [3.05, 3.63) is 23.7 Å². The molecule has 0 aromatic carbocycles. The molecule has 10 heteroatoms. The van der Waals surface area contributed by atoms with Gasteiger partial charge < -0.3 is 24.8 Å². The van der Waals surface area contributed by atoms with E-state index < -0.39 is 6.04 Å². The van der Waals surface area contributed by atoms with Crippen LogP contribution < -0.4 is 5.32 Å². The zero-order chi connectivity index (χ0) is 23.9. The molecule has 4 heterocycles. The molecule has 1 unspecified atom stereocenters. The third-order valence-corrected chi connectivity index (χ3v) is 7.69. The fourth-order valence-electron chi connectivity index (χ4n) is 5.30. The van der Waals surface area contributed by atoms with Crippen LogP contribution in [0.3, 0.4) is 0 Å². The summed E-state index contributed by atoms with van der Waals surface area (Å²) in [6, 6.07) is -0.579. The molecule has 2 aromatic rings. The van der Waals surface area contributed by atoms with Gasteiger partial charge in [0.2, 0.25) is 11.8 Å². The molecule has 2 N–H and O–H groups in total. The number of nitrogens with one attached hydrogen (secondary N) is 2. The molecular formula is C25H32N6O4. The Morgan fingerprint density at radius 3 is 2.60 bits per heavy atom. The van der Waals surface area contributed by atoms with Crippen LogP contribution in [0.1, 0.15) is 60.5 Å². The van der Waals surface area contributed by atoms with E-state index in [1.54, 1.807) is 17.3 Å². The van der Waals surface area contributed by atoms with Crippen molar-refractivity contribution >= 4 is 28.9 Å². The van der Waals surface area contributed by atoms with Crippen molar-refractivity contribution in [2.45, 2.75) is 50.5 Å². The van der Waals surface area contributed by atoms with Crippen LogP contribution in [0.4, 0.5) is 0 Å². The first-order chi connectivity index (χ1) is 17.1. The topological polar surface area (TPSA) is 121 Å². The number of hydrogen-bond acceptors (Lipinski definition) is 6. The average molecular weight is 481 g/mol. The zero-order valence-corrected chi connectivity index (χ0v) is 19.9. The van der Waals surface area contributed by atoms with E-state index in [0.717, 1.165) is 44.2 Å². The van der Waals surface area contributed by atoms with E-state index in [9.17, 15) is 14.4 Å². The Morgan fingerprint density at radius 1 is 1.06 bits per heavy atom. The summed E-state index contributed by atoms with van der Waals surface area (Å²) >= 11 is 0. The third-order valence-electron chi connectivity index (χ3n) is 7.69. The van der Waals surface area contributed by atoms with Crippen molar-refractivity contribution < 1.29 is 19.1 Å². The van der Waals surface area contributed by atoms with E-state index in [1.165, 1.54) is 0 Å².